The number of carbonyl (C=O) groups excluding carboxylic acids is 1. The third-order valence-corrected chi connectivity index (χ3v) is 7.15. The first-order chi connectivity index (χ1) is 13.3. The summed E-state index contributed by atoms with van der Waals surface area (Å²) in [7, 11) is 0. The van der Waals surface area contributed by atoms with E-state index in [4.69, 9.17) is 0 Å². The minimum Gasteiger partial charge on any atom is -0.372 e. The van der Waals surface area contributed by atoms with E-state index in [2.05, 4.69) is 38.7 Å². The van der Waals surface area contributed by atoms with E-state index in [1.807, 2.05) is 23.5 Å². The summed E-state index contributed by atoms with van der Waals surface area (Å²) in [5.74, 6) is 0.847. The molecule has 2 fully saturated rings. The molecule has 1 saturated carbocycles. The van der Waals surface area contributed by atoms with Crippen LogP contribution in [0.3, 0.4) is 0 Å². The van der Waals surface area contributed by atoms with Crippen LogP contribution in [0.4, 0.5) is 11.4 Å². The molecule has 1 atom stereocenters. The summed E-state index contributed by atoms with van der Waals surface area (Å²) < 4.78 is 0. The predicted molar refractivity (Wildman–Crippen MR) is 112 cm³/mol. The number of hydrogen-bond donors (Lipinski definition) is 1. The van der Waals surface area contributed by atoms with Crippen molar-refractivity contribution in [2.45, 2.75) is 38.1 Å². The molecular weight excluding hydrogens is 354 g/mol. The van der Waals surface area contributed by atoms with E-state index in [-0.39, 0.29) is 5.91 Å². The maximum absolute atomic E-state index is 12.7. The van der Waals surface area contributed by atoms with E-state index in [9.17, 15) is 4.79 Å². The summed E-state index contributed by atoms with van der Waals surface area (Å²) in [5, 5.41) is 5.32. The van der Waals surface area contributed by atoms with Crippen LogP contribution >= 0.6 is 11.3 Å². The highest BCUT2D eigenvalue weighted by molar-refractivity contribution is 7.10. The van der Waals surface area contributed by atoms with Crippen molar-refractivity contribution in [2.75, 3.05) is 36.4 Å². The van der Waals surface area contributed by atoms with Crippen LogP contribution in [-0.2, 0) is 11.2 Å². The molecule has 0 bridgehead atoms. The lowest BCUT2D eigenvalue weighted by molar-refractivity contribution is -0.118. The van der Waals surface area contributed by atoms with Crippen LogP contribution in [0.25, 0.3) is 0 Å². The van der Waals surface area contributed by atoms with E-state index in [0.717, 1.165) is 37.7 Å². The molecule has 0 radical (unpaired) electrons. The number of fused-ring (bicyclic) bond motifs is 1. The molecule has 27 heavy (non-hydrogen) atoms. The van der Waals surface area contributed by atoms with Crippen LogP contribution in [0.15, 0.2) is 35.7 Å². The van der Waals surface area contributed by atoms with Crippen molar-refractivity contribution in [3.05, 3.63) is 46.2 Å². The maximum atomic E-state index is 12.7. The van der Waals surface area contributed by atoms with E-state index in [1.54, 1.807) is 0 Å². The molecule has 1 saturated heterocycles. The molecule has 3 aliphatic rings. The topological polar surface area (TPSA) is 35.6 Å². The zero-order valence-corrected chi connectivity index (χ0v) is 16.5. The van der Waals surface area contributed by atoms with Crippen molar-refractivity contribution in [2.24, 2.45) is 5.92 Å². The summed E-state index contributed by atoms with van der Waals surface area (Å²) in [4.78, 5) is 19.0. The van der Waals surface area contributed by atoms with E-state index in [1.165, 1.54) is 41.8 Å². The van der Waals surface area contributed by atoms with E-state index < -0.39 is 0 Å². The molecule has 5 rings (SSSR count). The van der Waals surface area contributed by atoms with Crippen LogP contribution in [0, 0.1) is 5.92 Å². The Morgan fingerprint density at radius 2 is 1.85 bits per heavy atom. The Hall–Kier alpha value is -1.85. The van der Waals surface area contributed by atoms with Crippen molar-refractivity contribution >= 4 is 28.6 Å². The molecule has 142 valence electrons. The lowest BCUT2D eigenvalue weighted by Crippen LogP contribution is -2.41. The van der Waals surface area contributed by atoms with Crippen LogP contribution in [0.5, 0.6) is 0 Å². The van der Waals surface area contributed by atoms with Crippen LogP contribution < -0.4 is 10.2 Å². The molecule has 1 aromatic heterocycles. The van der Waals surface area contributed by atoms with Crippen LogP contribution in [-0.4, -0.2) is 37.0 Å². The second-order valence-corrected chi connectivity index (χ2v) is 9.09. The second kappa shape index (κ2) is 7.28. The van der Waals surface area contributed by atoms with Crippen LogP contribution in [0.1, 0.15) is 42.2 Å². The molecule has 3 heterocycles. The standard InChI is InChI=1S/C22H27N3OS/c26-21(23-17-5-7-18(8-6-17)24-11-1-2-12-24)15-25-13-9-20-19(10-14-27-20)22(25)16-3-4-16/h5-8,10,14,16,22H,1-4,9,11-13,15H2,(H,23,26)/t22-/m0/s1. The molecule has 5 heteroatoms. The summed E-state index contributed by atoms with van der Waals surface area (Å²) in [5.41, 5.74) is 3.65. The largest absolute Gasteiger partial charge is 0.372 e. The first-order valence-electron chi connectivity index (χ1n) is 10.2. The van der Waals surface area contributed by atoms with Crippen molar-refractivity contribution in [1.29, 1.82) is 0 Å². The molecule has 0 spiro atoms. The molecular formula is C22H27N3OS. The SMILES string of the molecule is O=C(CN1CCc2sccc2[C@@H]1C1CC1)Nc1ccc(N2CCCC2)cc1. The van der Waals surface area contributed by atoms with Gasteiger partial charge in [-0.05, 0) is 79.3 Å². The Bertz CT molecular complexity index is 805. The van der Waals surface area contributed by atoms with Gasteiger partial charge in [-0.2, -0.15) is 0 Å². The van der Waals surface area contributed by atoms with Crippen molar-refractivity contribution in [1.82, 2.24) is 4.90 Å². The Morgan fingerprint density at radius 3 is 2.59 bits per heavy atom. The average Bonchev–Trinajstić information content (AvgIpc) is 3.17. The highest BCUT2D eigenvalue weighted by atomic mass is 32.1. The molecule has 1 aromatic carbocycles. The molecule has 1 N–H and O–H groups in total. The van der Waals surface area contributed by atoms with Gasteiger partial charge in [0, 0.05) is 41.9 Å². The number of carbonyl (C=O) groups is 1. The number of thiophene rings is 1. The van der Waals surface area contributed by atoms with Gasteiger partial charge in [-0.1, -0.05) is 0 Å². The Morgan fingerprint density at radius 1 is 1.07 bits per heavy atom. The minimum absolute atomic E-state index is 0.105. The van der Waals surface area contributed by atoms with Gasteiger partial charge < -0.3 is 10.2 Å². The number of amides is 1. The van der Waals surface area contributed by atoms with Gasteiger partial charge in [0.05, 0.1) is 6.54 Å². The molecule has 1 amide bonds. The molecule has 1 aliphatic carbocycles. The number of nitrogens with one attached hydrogen (secondary N) is 1. The van der Waals surface area contributed by atoms with Crippen molar-refractivity contribution in [3.63, 3.8) is 0 Å². The Labute approximate surface area is 165 Å². The number of nitrogens with zero attached hydrogens (tertiary/aromatic N) is 2. The van der Waals surface area contributed by atoms with E-state index >= 15 is 0 Å². The summed E-state index contributed by atoms with van der Waals surface area (Å²) in [6.07, 6.45) is 6.24. The van der Waals surface area contributed by atoms with Gasteiger partial charge in [0.15, 0.2) is 0 Å². The fourth-order valence-corrected chi connectivity index (χ4v) is 5.57. The summed E-state index contributed by atoms with van der Waals surface area (Å²) >= 11 is 1.88. The monoisotopic (exact) mass is 381 g/mol. The quantitative estimate of drug-likeness (QED) is 0.839. The maximum Gasteiger partial charge on any atom is 0.238 e. The van der Waals surface area contributed by atoms with Gasteiger partial charge in [-0.15, -0.1) is 11.3 Å². The minimum atomic E-state index is 0.105. The van der Waals surface area contributed by atoms with E-state index in [0.29, 0.717) is 12.6 Å². The zero-order valence-electron chi connectivity index (χ0n) is 15.7. The fraction of sp³-hybridized carbons (Fsp3) is 0.500. The Kier molecular flexibility index (Phi) is 4.66. The van der Waals surface area contributed by atoms with Gasteiger partial charge >= 0.3 is 0 Å². The van der Waals surface area contributed by atoms with Gasteiger partial charge in [0.1, 0.15) is 0 Å². The van der Waals surface area contributed by atoms with Crippen LogP contribution in [0.2, 0.25) is 0 Å². The second-order valence-electron chi connectivity index (χ2n) is 8.09. The van der Waals surface area contributed by atoms with Gasteiger partial charge in [-0.3, -0.25) is 9.69 Å². The number of hydrogen-bond acceptors (Lipinski definition) is 4. The van der Waals surface area contributed by atoms with Crippen molar-refractivity contribution in [3.8, 4) is 0 Å². The van der Waals surface area contributed by atoms with Gasteiger partial charge in [-0.25, -0.2) is 0 Å². The number of anilines is 2. The molecule has 2 aliphatic heterocycles. The van der Waals surface area contributed by atoms with Gasteiger partial charge in [0.25, 0.3) is 0 Å². The number of rotatable bonds is 5. The fourth-order valence-electron chi connectivity index (χ4n) is 4.66. The highest BCUT2D eigenvalue weighted by Crippen LogP contribution is 2.48. The third kappa shape index (κ3) is 3.63. The van der Waals surface area contributed by atoms with Gasteiger partial charge in [0.2, 0.25) is 5.91 Å². The highest BCUT2D eigenvalue weighted by Gasteiger charge is 2.40. The lowest BCUT2D eigenvalue weighted by atomic mass is 9.96. The number of benzene rings is 1. The predicted octanol–water partition coefficient (Wildman–Crippen LogP) is 4.30. The molecule has 2 aromatic rings. The van der Waals surface area contributed by atoms with Crippen molar-refractivity contribution < 1.29 is 4.79 Å². The molecule has 4 nitrogen and oxygen atoms in total. The lowest BCUT2D eigenvalue weighted by Gasteiger charge is -2.35. The average molecular weight is 382 g/mol. The Balaban J connectivity index is 1.23. The molecule has 0 unspecified atom stereocenters. The normalized spacial score (nSPS) is 22.7. The third-order valence-electron chi connectivity index (χ3n) is 6.16. The summed E-state index contributed by atoms with van der Waals surface area (Å²) in [6, 6.07) is 11.1. The first kappa shape index (κ1) is 17.3. The summed E-state index contributed by atoms with van der Waals surface area (Å²) in [6.45, 7) is 3.78. The zero-order chi connectivity index (χ0) is 18.2. The first-order valence-corrected chi connectivity index (χ1v) is 11.1. The smallest absolute Gasteiger partial charge is 0.238 e.